The number of sulfonamides is 1. The number of hydrogen-bond donors (Lipinski definition) is 1. The lowest BCUT2D eigenvalue weighted by molar-refractivity contribution is 0.360. The van der Waals surface area contributed by atoms with Gasteiger partial charge in [-0.15, -0.1) is 0 Å². The summed E-state index contributed by atoms with van der Waals surface area (Å²) in [5.41, 5.74) is 1.54. The first kappa shape index (κ1) is 13.5. The molecule has 20 heavy (non-hydrogen) atoms. The molecule has 0 aliphatic carbocycles. The SMILES string of the molecule is O=S(=O)(Cc1cccc2cccnc12)N1CCNCC1. The number of nitrogens with zero attached hydrogens (tertiary/aromatic N) is 2. The van der Waals surface area contributed by atoms with Gasteiger partial charge in [0.25, 0.3) is 0 Å². The van der Waals surface area contributed by atoms with Crippen molar-refractivity contribution in [1.82, 2.24) is 14.6 Å². The molecule has 0 spiro atoms. The lowest BCUT2D eigenvalue weighted by Crippen LogP contribution is -2.46. The third-order valence-electron chi connectivity index (χ3n) is 3.52. The largest absolute Gasteiger partial charge is 0.314 e. The molecule has 0 bridgehead atoms. The smallest absolute Gasteiger partial charge is 0.218 e. The van der Waals surface area contributed by atoms with Gasteiger partial charge in [-0.05, 0) is 11.6 Å². The zero-order valence-electron chi connectivity index (χ0n) is 11.1. The Labute approximate surface area is 118 Å². The molecule has 0 atom stereocenters. The van der Waals surface area contributed by atoms with Gasteiger partial charge in [-0.2, -0.15) is 4.31 Å². The number of fused-ring (bicyclic) bond motifs is 1. The Morgan fingerprint density at radius 1 is 1.15 bits per heavy atom. The van der Waals surface area contributed by atoms with Crippen LogP contribution in [0.25, 0.3) is 10.9 Å². The molecule has 0 radical (unpaired) electrons. The molecule has 1 saturated heterocycles. The molecule has 0 amide bonds. The van der Waals surface area contributed by atoms with Gasteiger partial charge in [0.15, 0.2) is 0 Å². The zero-order valence-corrected chi connectivity index (χ0v) is 11.9. The van der Waals surface area contributed by atoms with Crippen LogP contribution in [-0.4, -0.2) is 43.9 Å². The van der Waals surface area contributed by atoms with Crippen LogP contribution in [0.2, 0.25) is 0 Å². The average Bonchev–Trinajstić information content (AvgIpc) is 2.48. The number of pyridine rings is 1. The molecule has 1 aliphatic rings. The number of piperazine rings is 1. The Balaban J connectivity index is 1.92. The van der Waals surface area contributed by atoms with Crippen LogP contribution < -0.4 is 5.32 Å². The fourth-order valence-corrected chi connectivity index (χ4v) is 4.04. The summed E-state index contributed by atoms with van der Waals surface area (Å²) >= 11 is 0. The minimum Gasteiger partial charge on any atom is -0.314 e. The molecule has 3 rings (SSSR count). The first-order valence-corrected chi connectivity index (χ1v) is 8.29. The second-order valence-electron chi connectivity index (χ2n) is 4.90. The van der Waals surface area contributed by atoms with E-state index in [2.05, 4.69) is 10.3 Å². The van der Waals surface area contributed by atoms with Crippen molar-refractivity contribution in [3.8, 4) is 0 Å². The Morgan fingerprint density at radius 2 is 1.90 bits per heavy atom. The summed E-state index contributed by atoms with van der Waals surface area (Å²) < 4.78 is 26.5. The minimum absolute atomic E-state index is 0.0152. The third-order valence-corrected chi connectivity index (χ3v) is 5.35. The second-order valence-corrected chi connectivity index (χ2v) is 6.87. The summed E-state index contributed by atoms with van der Waals surface area (Å²) in [5.74, 6) is 0.0152. The summed E-state index contributed by atoms with van der Waals surface area (Å²) in [5, 5.41) is 4.13. The normalized spacial score (nSPS) is 17.4. The quantitative estimate of drug-likeness (QED) is 0.915. The van der Waals surface area contributed by atoms with Gasteiger partial charge in [-0.3, -0.25) is 4.98 Å². The van der Waals surface area contributed by atoms with E-state index in [0.29, 0.717) is 26.2 Å². The molecule has 5 nitrogen and oxygen atoms in total. The predicted octanol–water partition coefficient (Wildman–Crippen LogP) is 0.970. The Bertz CT molecular complexity index is 704. The second kappa shape index (κ2) is 5.47. The molecule has 2 heterocycles. The van der Waals surface area contributed by atoms with Crippen LogP contribution in [0.5, 0.6) is 0 Å². The van der Waals surface area contributed by atoms with Crippen molar-refractivity contribution in [3.05, 3.63) is 42.1 Å². The van der Waals surface area contributed by atoms with Crippen molar-refractivity contribution in [2.24, 2.45) is 0 Å². The van der Waals surface area contributed by atoms with E-state index in [1.54, 1.807) is 10.5 Å². The Morgan fingerprint density at radius 3 is 2.70 bits per heavy atom. The Kier molecular flexibility index (Phi) is 3.69. The highest BCUT2D eigenvalue weighted by molar-refractivity contribution is 7.88. The van der Waals surface area contributed by atoms with Crippen LogP contribution in [0.15, 0.2) is 36.5 Å². The van der Waals surface area contributed by atoms with E-state index in [1.807, 2.05) is 30.3 Å². The van der Waals surface area contributed by atoms with Gasteiger partial charge in [0.2, 0.25) is 10.0 Å². The number of hydrogen-bond acceptors (Lipinski definition) is 4. The van der Waals surface area contributed by atoms with E-state index < -0.39 is 10.0 Å². The fraction of sp³-hybridized carbons (Fsp3) is 0.357. The summed E-state index contributed by atoms with van der Waals surface area (Å²) in [7, 11) is -3.27. The molecule has 1 N–H and O–H groups in total. The summed E-state index contributed by atoms with van der Waals surface area (Å²) in [6, 6.07) is 9.48. The van der Waals surface area contributed by atoms with Crippen molar-refractivity contribution < 1.29 is 8.42 Å². The van der Waals surface area contributed by atoms with Crippen LogP contribution in [0.1, 0.15) is 5.56 Å². The Hall–Kier alpha value is -1.50. The number of para-hydroxylation sites is 1. The number of aromatic nitrogens is 1. The molecule has 1 fully saturated rings. The molecular formula is C14H17N3O2S. The van der Waals surface area contributed by atoms with E-state index in [9.17, 15) is 8.42 Å². The monoisotopic (exact) mass is 291 g/mol. The third kappa shape index (κ3) is 2.67. The van der Waals surface area contributed by atoms with Crippen molar-refractivity contribution in [1.29, 1.82) is 0 Å². The summed E-state index contributed by atoms with van der Waals surface area (Å²) in [6.07, 6.45) is 1.70. The standard InChI is InChI=1S/C14H17N3O2S/c18-20(19,17-9-7-15-8-10-17)11-13-4-1-3-12-5-2-6-16-14(12)13/h1-6,15H,7-11H2. The van der Waals surface area contributed by atoms with E-state index in [-0.39, 0.29) is 5.75 Å². The van der Waals surface area contributed by atoms with E-state index in [0.717, 1.165) is 16.5 Å². The van der Waals surface area contributed by atoms with Crippen LogP contribution in [0.4, 0.5) is 0 Å². The summed E-state index contributed by atoms with van der Waals surface area (Å²) in [6.45, 7) is 2.51. The maximum atomic E-state index is 12.5. The topological polar surface area (TPSA) is 62.3 Å². The molecule has 0 saturated carbocycles. The van der Waals surface area contributed by atoms with Crippen LogP contribution in [0, 0.1) is 0 Å². The molecule has 0 unspecified atom stereocenters. The molecular weight excluding hydrogens is 274 g/mol. The number of rotatable bonds is 3. The molecule has 2 aromatic rings. The van der Waals surface area contributed by atoms with Gasteiger partial charge in [0, 0.05) is 37.8 Å². The van der Waals surface area contributed by atoms with Crippen molar-refractivity contribution in [3.63, 3.8) is 0 Å². The minimum atomic E-state index is -3.27. The summed E-state index contributed by atoms with van der Waals surface area (Å²) in [4.78, 5) is 4.32. The van der Waals surface area contributed by atoms with Crippen LogP contribution >= 0.6 is 0 Å². The molecule has 106 valence electrons. The average molecular weight is 291 g/mol. The molecule has 1 aromatic carbocycles. The van der Waals surface area contributed by atoms with Gasteiger partial charge in [0.1, 0.15) is 0 Å². The van der Waals surface area contributed by atoms with Gasteiger partial charge in [0.05, 0.1) is 11.3 Å². The van der Waals surface area contributed by atoms with E-state index in [4.69, 9.17) is 0 Å². The first-order chi connectivity index (χ1) is 9.67. The molecule has 6 heteroatoms. The van der Waals surface area contributed by atoms with Crippen LogP contribution in [0.3, 0.4) is 0 Å². The lowest BCUT2D eigenvalue weighted by atomic mass is 10.1. The molecule has 1 aromatic heterocycles. The first-order valence-electron chi connectivity index (χ1n) is 6.68. The predicted molar refractivity (Wildman–Crippen MR) is 78.8 cm³/mol. The van der Waals surface area contributed by atoms with Gasteiger partial charge < -0.3 is 5.32 Å². The maximum absolute atomic E-state index is 12.5. The number of nitrogens with one attached hydrogen (secondary N) is 1. The highest BCUT2D eigenvalue weighted by Crippen LogP contribution is 2.19. The van der Waals surface area contributed by atoms with Crippen molar-refractivity contribution in [2.45, 2.75) is 5.75 Å². The van der Waals surface area contributed by atoms with Gasteiger partial charge in [-0.25, -0.2) is 8.42 Å². The van der Waals surface area contributed by atoms with Crippen LogP contribution in [-0.2, 0) is 15.8 Å². The van der Waals surface area contributed by atoms with Gasteiger partial charge >= 0.3 is 0 Å². The zero-order chi connectivity index (χ0) is 14.0. The fourth-order valence-electron chi connectivity index (χ4n) is 2.49. The van der Waals surface area contributed by atoms with E-state index >= 15 is 0 Å². The van der Waals surface area contributed by atoms with Gasteiger partial charge in [-0.1, -0.05) is 24.3 Å². The van der Waals surface area contributed by atoms with E-state index in [1.165, 1.54) is 0 Å². The van der Waals surface area contributed by atoms with Crippen molar-refractivity contribution >= 4 is 20.9 Å². The van der Waals surface area contributed by atoms with Crippen molar-refractivity contribution in [2.75, 3.05) is 26.2 Å². The number of benzene rings is 1. The molecule has 1 aliphatic heterocycles. The maximum Gasteiger partial charge on any atom is 0.218 e. The highest BCUT2D eigenvalue weighted by Gasteiger charge is 2.24. The highest BCUT2D eigenvalue weighted by atomic mass is 32.2. The lowest BCUT2D eigenvalue weighted by Gasteiger charge is -2.26.